The molecule has 0 spiro atoms. The van der Waals surface area contributed by atoms with Crippen molar-refractivity contribution in [1.82, 2.24) is 20.0 Å². The van der Waals surface area contributed by atoms with E-state index in [1.54, 1.807) is 13.2 Å². The van der Waals surface area contributed by atoms with Crippen molar-refractivity contribution >= 4 is 32.6 Å². The van der Waals surface area contributed by atoms with E-state index in [1.165, 1.54) is 16.0 Å². The fourth-order valence-corrected chi connectivity index (χ4v) is 2.40. The molecule has 7 heteroatoms. The van der Waals surface area contributed by atoms with Gasteiger partial charge >= 0.3 is 0 Å². The molecule has 3 rings (SSSR count). The first kappa shape index (κ1) is 10.8. The Morgan fingerprint density at radius 1 is 1.39 bits per heavy atom. The lowest BCUT2D eigenvalue weighted by Gasteiger charge is -1.95. The van der Waals surface area contributed by atoms with Crippen molar-refractivity contribution in [3.05, 3.63) is 36.2 Å². The van der Waals surface area contributed by atoms with Crippen molar-refractivity contribution in [2.75, 3.05) is 5.32 Å². The number of fused-ring (bicyclic) bond motifs is 1. The molecule has 0 aliphatic carbocycles. The molecule has 3 aromatic rings. The number of carbonyl (C=O) groups is 1. The first-order valence-electron chi connectivity index (χ1n) is 5.25. The minimum atomic E-state index is -0.304. The minimum absolute atomic E-state index is 0.275. The maximum Gasteiger partial charge on any atom is 0.279 e. The summed E-state index contributed by atoms with van der Waals surface area (Å²) in [6.45, 7) is 0. The van der Waals surface area contributed by atoms with Crippen LogP contribution in [0.3, 0.4) is 0 Å². The lowest BCUT2D eigenvalue weighted by Crippen LogP contribution is -2.12. The zero-order valence-electron chi connectivity index (χ0n) is 9.49. The second-order valence-corrected chi connectivity index (χ2v) is 4.75. The number of rotatable bonds is 2. The van der Waals surface area contributed by atoms with Crippen LogP contribution in [0.25, 0.3) is 10.2 Å². The molecular weight excluding hydrogens is 250 g/mol. The molecule has 2 aromatic heterocycles. The third kappa shape index (κ3) is 1.95. The molecule has 0 radical (unpaired) electrons. The highest BCUT2D eigenvalue weighted by molar-refractivity contribution is 7.22. The number of nitrogens with one attached hydrogen (secondary N) is 1. The quantitative estimate of drug-likeness (QED) is 0.760. The van der Waals surface area contributed by atoms with Gasteiger partial charge in [-0.1, -0.05) is 28.7 Å². The fourth-order valence-electron chi connectivity index (χ4n) is 1.54. The molecule has 18 heavy (non-hydrogen) atoms. The zero-order valence-corrected chi connectivity index (χ0v) is 10.3. The number of thiazole rings is 1. The number of anilines is 1. The van der Waals surface area contributed by atoms with Gasteiger partial charge in [-0.05, 0) is 12.1 Å². The third-order valence-electron chi connectivity index (χ3n) is 2.35. The second-order valence-electron chi connectivity index (χ2n) is 3.72. The van der Waals surface area contributed by atoms with Gasteiger partial charge in [0.05, 0.1) is 16.4 Å². The minimum Gasteiger partial charge on any atom is -0.296 e. The highest BCUT2D eigenvalue weighted by Gasteiger charge is 2.12. The van der Waals surface area contributed by atoms with Gasteiger partial charge in [0.2, 0.25) is 0 Å². The molecule has 90 valence electrons. The Morgan fingerprint density at radius 2 is 2.22 bits per heavy atom. The summed E-state index contributed by atoms with van der Waals surface area (Å²) in [5, 5.41) is 10.7. The lowest BCUT2D eigenvalue weighted by molar-refractivity contribution is 0.102. The standard InChI is InChI=1S/C11H9N5OS/c1-16-6-8(14-15-16)10(17)13-11-12-7-4-2-3-5-9(7)18-11/h2-6H,1H3,(H,12,13,17). The Labute approximate surface area is 106 Å². The van der Waals surface area contributed by atoms with E-state index in [-0.39, 0.29) is 11.6 Å². The van der Waals surface area contributed by atoms with Gasteiger partial charge in [-0.3, -0.25) is 14.8 Å². The number of benzene rings is 1. The van der Waals surface area contributed by atoms with E-state index < -0.39 is 0 Å². The summed E-state index contributed by atoms with van der Waals surface area (Å²) in [6.07, 6.45) is 1.56. The van der Waals surface area contributed by atoms with Crippen molar-refractivity contribution in [1.29, 1.82) is 0 Å². The van der Waals surface area contributed by atoms with Crippen molar-refractivity contribution < 1.29 is 4.79 Å². The second kappa shape index (κ2) is 4.19. The van der Waals surface area contributed by atoms with E-state index in [0.29, 0.717) is 5.13 Å². The van der Waals surface area contributed by atoms with Crippen LogP contribution in [-0.4, -0.2) is 25.9 Å². The Hall–Kier alpha value is -2.28. The number of aromatic nitrogens is 4. The van der Waals surface area contributed by atoms with Crippen LogP contribution in [0, 0.1) is 0 Å². The normalized spacial score (nSPS) is 10.7. The fraction of sp³-hybridized carbons (Fsp3) is 0.0909. The van der Waals surface area contributed by atoms with Gasteiger partial charge in [-0.15, -0.1) is 5.10 Å². The molecule has 6 nitrogen and oxygen atoms in total. The number of para-hydroxylation sites is 1. The Kier molecular flexibility index (Phi) is 2.52. The zero-order chi connectivity index (χ0) is 12.5. The highest BCUT2D eigenvalue weighted by atomic mass is 32.1. The summed E-state index contributed by atoms with van der Waals surface area (Å²) in [5.74, 6) is -0.304. The molecule has 1 aromatic carbocycles. The number of aryl methyl sites for hydroxylation is 1. The molecule has 0 aliphatic rings. The first-order chi connectivity index (χ1) is 8.72. The predicted octanol–water partition coefficient (Wildman–Crippen LogP) is 1.68. The molecule has 0 saturated heterocycles. The van der Waals surface area contributed by atoms with Gasteiger partial charge in [0.15, 0.2) is 10.8 Å². The van der Waals surface area contributed by atoms with Crippen molar-refractivity contribution in [3.8, 4) is 0 Å². The molecule has 0 fully saturated rings. The summed E-state index contributed by atoms with van der Waals surface area (Å²) in [4.78, 5) is 16.2. The van der Waals surface area contributed by atoms with E-state index in [2.05, 4.69) is 20.6 Å². The largest absolute Gasteiger partial charge is 0.296 e. The Morgan fingerprint density at radius 3 is 2.94 bits per heavy atom. The summed E-state index contributed by atoms with van der Waals surface area (Å²) < 4.78 is 2.51. The molecule has 2 heterocycles. The maximum absolute atomic E-state index is 11.8. The Balaban J connectivity index is 1.86. The van der Waals surface area contributed by atoms with E-state index in [4.69, 9.17) is 0 Å². The summed E-state index contributed by atoms with van der Waals surface area (Å²) >= 11 is 1.43. The van der Waals surface area contributed by atoms with E-state index in [1.807, 2.05) is 24.3 Å². The average Bonchev–Trinajstić information content (AvgIpc) is 2.94. The smallest absolute Gasteiger partial charge is 0.279 e. The Bertz CT molecular complexity index is 684. The van der Waals surface area contributed by atoms with E-state index >= 15 is 0 Å². The van der Waals surface area contributed by atoms with Crippen molar-refractivity contribution in [3.63, 3.8) is 0 Å². The van der Waals surface area contributed by atoms with Gasteiger partial charge in [0.1, 0.15) is 0 Å². The number of nitrogens with zero attached hydrogens (tertiary/aromatic N) is 4. The van der Waals surface area contributed by atoms with Crippen LogP contribution < -0.4 is 5.32 Å². The third-order valence-corrected chi connectivity index (χ3v) is 3.30. The lowest BCUT2D eigenvalue weighted by atomic mass is 10.3. The number of amides is 1. The summed E-state index contributed by atoms with van der Waals surface area (Å²) in [6, 6.07) is 7.72. The van der Waals surface area contributed by atoms with Gasteiger partial charge < -0.3 is 0 Å². The van der Waals surface area contributed by atoms with Gasteiger partial charge in [0.25, 0.3) is 5.91 Å². The monoisotopic (exact) mass is 259 g/mol. The van der Waals surface area contributed by atoms with E-state index in [0.717, 1.165) is 10.2 Å². The molecular formula is C11H9N5OS. The van der Waals surface area contributed by atoms with Gasteiger partial charge in [-0.25, -0.2) is 4.98 Å². The predicted molar refractivity (Wildman–Crippen MR) is 68.6 cm³/mol. The number of hydrogen-bond acceptors (Lipinski definition) is 5. The summed E-state index contributed by atoms with van der Waals surface area (Å²) in [5.41, 5.74) is 1.15. The molecule has 0 saturated carbocycles. The highest BCUT2D eigenvalue weighted by Crippen LogP contribution is 2.25. The van der Waals surface area contributed by atoms with Crippen molar-refractivity contribution in [2.45, 2.75) is 0 Å². The van der Waals surface area contributed by atoms with Crippen LogP contribution in [0.2, 0.25) is 0 Å². The average molecular weight is 259 g/mol. The topological polar surface area (TPSA) is 72.7 Å². The molecule has 1 amide bonds. The van der Waals surface area contributed by atoms with Gasteiger partial charge in [0, 0.05) is 7.05 Å². The maximum atomic E-state index is 11.8. The van der Waals surface area contributed by atoms with Crippen LogP contribution >= 0.6 is 11.3 Å². The van der Waals surface area contributed by atoms with E-state index in [9.17, 15) is 4.79 Å². The van der Waals surface area contributed by atoms with Crippen LogP contribution in [0.15, 0.2) is 30.5 Å². The van der Waals surface area contributed by atoms with Crippen LogP contribution in [0.1, 0.15) is 10.5 Å². The van der Waals surface area contributed by atoms with Crippen LogP contribution in [0.4, 0.5) is 5.13 Å². The summed E-state index contributed by atoms with van der Waals surface area (Å²) in [7, 11) is 1.71. The molecule has 1 N–H and O–H groups in total. The van der Waals surface area contributed by atoms with Crippen LogP contribution in [0.5, 0.6) is 0 Å². The van der Waals surface area contributed by atoms with Gasteiger partial charge in [-0.2, -0.15) is 0 Å². The number of hydrogen-bond donors (Lipinski definition) is 1. The SMILES string of the molecule is Cn1cc(C(=O)Nc2nc3ccccc3s2)nn1. The molecule has 0 aliphatic heterocycles. The molecule has 0 bridgehead atoms. The molecule has 0 atom stereocenters. The first-order valence-corrected chi connectivity index (χ1v) is 6.07. The number of carbonyl (C=O) groups excluding carboxylic acids is 1. The van der Waals surface area contributed by atoms with Crippen molar-refractivity contribution in [2.24, 2.45) is 7.05 Å². The molecule has 0 unspecified atom stereocenters. The van der Waals surface area contributed by atoms with Crippen LogP contribution in [-0.2, 0) is 7.05 Å².